The zero-order valence-electron chi connectivity index (χ0n) is 17.9. The second-order valence-electron chi connectivity index (χ2n) is 7.92. The van der Waals surface area contributed by atoms with Crippen molar-refractivity contribution in [2.75, 3.05) is 5.32 Å². The summed E-state index contributed by atoms with van der Waals surface area (Å²) in [5, 5.41) is 5.36. The average molecular weight is 492 g/mol. The van der Waals surface area contributed by atoms with E-state index in [1.54, 1.807) is 6.07 Å². The quantitative estimate of drug-likeness (QED) is 0.247. The SMILES string of the molecule is O=C(NC(=Nc1ccc(C(F)(F)F)cn1)Nc1cccc(C2CC2)c1)c1ccc(C(F)(F)F)cc1. The Morgan fingerprint density at radius 1 is 0.886 bits per heavy atom. The second-order valence-corrected chi connectivity index (χ2v) is 7.92. The molecule has 4 rings (SSSR count). The van der Waals surface area contributed by atoms with Gasteiger partial charge < -0.3 is 5.32 Å². The van der Waals surface area contributed by atoms with E-state index in [0.717, 1.165) is 54.8 Å². The molecule has 2 N–H and O–H groups in total. The van der Waals surface area contributed by atoms with E-state index < -0.39 is 29.4 Å². The first-order chi connectivity index (χ1) is 16.5. The first-order valence-corrected chi connectivity index (χ1v) is 10.5. The Labute approximate surface area is 195 Å². The van der Waals surface area contributed by atoms with Crippen LogP contribution in [0.1, 0.15) is 45.8 Å². The van der Waals surface area contributed by atoms with Crippen LogP contribution in [0.15, 0.2) is 71.9 Å². The van der Waals surface area contributed by atoms with Crippen LogP contribution in [0.25, 0.3) is 0 Å². The molecule has 0 bridgehead atoms. The van der Waals surface area contributed by atoms with Gasteiger partial charge in [-0.15, -0.1) is 0 Å². The van der Waals surface area contributed by atoms with Gasteiger partial charge in [0.1, 0.15) is 0 Å². The highest BCUT2D eigenvalue weighted by Gasteiger charge is 2.31. The number of aliphatic imine (C=N–C) groups is 1. The van der Waals surface area contributed by atoms with Gasteiger partial charge in [0.2, 0.25) is 5.96 Å². The molecule has 1 aromatic heterocycles. The lowest BCUT2D eigenvalue weighted by Crippen LogP contribution is -2.36. The minimum Gasteiger partial charge on any atom is -0.326 e. The fourth-order valence-corrected chi connectivity index (χ4v) is 3.24. The van der Waals surface area contributed by atoms with E-state index >= 15 is 0 Å². The first-order valence-electron chi connectivity index (χ1n) is 10.5. The number of hydrogen-bond acceptors (Lipinski definition) is 3. The number of alkyl halides is 6. The number of carbonyl (C=O) groups excluding carboxylic acids is 1. The lowest BCUT2D eigenvalue weighted by molar-refractivity contribution is -0.138. The molecule has 5 nitrogen and oxygen atoms in total. The first kappa shape index (κ1) is 24.2. The van der Waals surface area contributed by atoms with E-state index in [1.807, 2.05) is 18.2 Å². The van der Waals surface area contributed by atoms with Crippen LogP contribution in [-0.4, -0.2) is 16.9 Å². The van der Waals surface area contributed by atoms with Crippen LogP contribution >= 0.6 is 0 Å². The molecule has 35 heavy (non-hydrogen) atoms. The largest absolute Gasteiger partial charge is 0.417 e. The molecule has 11 heteroatoms. The van der Waals surface area contributed by atoms with Gasteiger partial charge in [0.05, 0.1) is 11.1 Å². The Morgan fingerprint density at radius 3 is 2.11 bits per heavy atom. The lowest BCUT2D eigenvalue weighted by atomic mass is 10.1. The van der Waals surface area contributed by atoms with Crippen LogP contribution in [0.5, 0.6) is 0 Å². The molecule has 0 spiro atoms. The van der Waals surface area contributed by atoms with E-state index in [0.29, 0.717) is 17.8 Å². The number of nitrogens with zero attached hydrogens (tertiary/aromatic N) is 2. The van der Waals surface area contributed by atoms with E-state index in [-0.39, 0.29) is 17.3 Å². The predicted molar refractivity (Wildman–Crippen MR) is 117 cm³/mol. The van der Waals surface area contributed by atoms with Crippen LogP contribution in [0.4, 0.5) is 37.8 Å². The van der Waals surface area contributed by atoms with E-state index in [1.165, 1.54) is 0 Å². The van der Waals surface area contributed by atoms with Crippen molar-refractivity contribution in [2.24, 2.45) is 4.99 Å². The molecule has 2 aromatic carbocycles. The third-order valence-electron chi connectivity index (χ3n) is 5.21. The Balaban J connectivity index is 1.59. The Bertz CT molecular complexity index is 1230. The number of hydrogen-bond donors (Lipinski definition) is 2. The molecular weight excluding hydrogens is 474 g/mol. The van der Waals surface area contributed by atoms with E-state index in [4.69, 9.17) is 0 Å². The maximum atomic E-state index is 12.8. The molecule has 1 amide bonds. The van der Waals surface area contributed by atoms with Crippen molar-refractivity contribution in [1.82, 2.24) is 10.3 Å². The van der Waals surface area contributed by atoms with Gasteiger partial charge in [0.25, 0.3) is 5.91 Å². The zero-order valence-corrected chi connectivity index (χ0v) is 17.9. The van der Waals surface area contributed by atoms with Crippen molar-refractivity contribution >= 4 is 23.4 Å². The number of rotatable bonds is 4. The summed E-state index contributed by atoms with van der Waals surface area (Å²) in [6.07, 6.45) is -6.39. The number of pyridine rings is 1. The zero-order chi connectivity index (χ0) is 25.2. The molecule has 182 valence electrons. The highest BCUT2D eigenvalue weighted by Crippen LogP contribution is 2.40. The van der Waals surface area contributed by atoms with Gasteiger partial charge >= 0.3 is 12.4 Å². The van der Waals surface area contributed by atoms with E-state index in [2.05, 4.69) is 20.6 Å². The number of benzene rings is 2. The van der Waals surface area contributed by atoms with Gasteiger partial charge in [0.15, 0.2) is 5.82 Å². The van der Waals surface area contributed by atoms with Crippen molar-refractivity contribution < 1.29 is 31.1 Å². The molecule has 0 saturated heterocycles. The van der Waals surface area contributed by atoms with Gasteiger partial charge in [-0.2, -0.15) is 31.3 Å². The summed E-state index contributed by atoms with van der Waals surface area (Å²) in [4.78, 5) is 20.5. The number of nitrogens with one attached hydrogen (secondary N) is 2. The second kappa shape index (κ2) is 9.40. The molecule has 1 saturated carbocycles. The number of aromatic nitrogens is 1. The van der Waals surface area contributed by atoms with Crippen LogP contribution in [0.3, 0.4) is 0 Å². The minimum atomic E-state index is -4.57. The highest BCUT2D eigenvalue weighted by molar-refractivity contribution is 6.10. The predicted octanol–water partition coefficient (Wildman–Crippen LogP) is 6.53. The van der Waals surface area contributed by atoms with Crippen molar-refractivity contribution in [3.8, 4) is 0 Å². The molecular formula is C24H18F6N4O. The van der Waals surface area contributed by atoms with Gasteiger partial charge in [0, 0.05) is 17.4 Å². The summed E-state index contributed by atoms with van der Waals surface area (Å²) < 4.78 is 76.9. The summed E-state index contributed by atoms with van der Waals surface area (Å²) in [5.41, 5.74) is -0.299. The minimum absolute atomic E-state index is 0.0698. The third-order valence-corrected chi connectivity index (χ3v) is 5.21. The summed E-state index contributed by atoms with van der Waals surface area (Å²) in [5.74, 6) is -0.604. The van der Waals surface area contributed by atoms with Gasteiger partial charge in [-0.1, -0.05) is 12.1 Å². The Hall–Kier alpha value is -3.89. The molecule has 0 radical (unpaired) electrons. The van der Waals surface area contributed by atoms with Crippen molar-refractivity contribution in [3.05, 3.63) is 89.1 Å². The fraction of sp³-hybridized carbons (Fsp3) is 0.208. The number of carbonyl (C=O) groups is 1. The highest BCUT2D eigenvalue weighted by atomic mass is 19.4. The summed E-state index contributed by atoms with van der Waals surface area (Å²) in [7, 11) is 0. The maximum Gasteiger partial charge on any atom is 0.417 e. The molecule has 0 atom stereocenters. The summed E-state index contributed by atoms with van der Waals surface area (Å²) >= 11 is 0. The van der Waals surface area contributed by atoms with Crippen molar-refractivity contribution in [1.29, 1.82) is 0 Å². The third kappa shape index (κ3) is 6.37. The Morgan fingerprint density at radius 2 is 1.54 bits per heavy atom. The number of amides is 1. The van der Waals surface area contributed by atoms with Gasteiger partial charge in [-0.05, 0) is 72.9 Å². The molecule has 0 aliphatic heterocycles. The molecule has 1 aliphatic carbocycles. The van der Waals surface area contributed by atoms with Crippen LogP contribution in [0, 0.1) is 0 Å². The van der Waals surface area contributed by atoms with Crippen molar-refractivity contribution in [2.45, 2.75) is 31.1 Å². The average Bonchev–Trinajstić information content (AvgIpc) is 3.64. The lowest BCUT2D eigenvalue weighted by Gasteiger charge is -2.13. The van der Waals surface area contributed by atoms with Crippen LogP contribution in [0.2, 0.25) is 0 Å². The molecule has 0 unspecified atom stereocenters. The van der Waals surface area contributed by atoms with E-state index in [9.17, 15) is 31.1 Å². The Kier molecular flexibility index (Phi) is 6.51. The monoisotopic (exact) mass is 492 g/mol. The molecule has 1 heterocycles. The smallest absolute Gasteiger partial charge is 0.326 e. The standard InChI is InChI=1S/C24H18F6N4O/c25-23(26,27)17-8-6-15(7-9-17)21(35)34-22(32-19-3-1-2-16(12-19)14-4-5-14)33-20-11-10-18(13-31-20)24(28,29)30/h1-3,6-14H,4-5H2,(H2,31,32,33,34,35). The van der Waals surface area contributed by atoms with Gasteiger partial charge in [-0.3, -0.25) is 10.1 Å². The van der Waals surface area contributed by atoms with Crippen LogP contribution in [-0.2, 0) is 12.4 Å². The van der Waals surface area contributed by atoms with Gasteiger partial charge in [-0.25, -0.2) is 4.98 Å². The number of halogens is 6. The maximum absolute atomic E-state index is 12.8. The molecule has 3 aromatic rings. The summed E-state index contributed by atoms with van der Waals surface area (Å²) in [6.45, 7) is 0. The molecule has 1 fully saturated rings. The van der Waals surface area contributed by atoms with Crippen molar-refractivity contribution in [3.63, 3.8) is 0 Å². The van der Waals surface area contributed by atoms with Crippen LogP contribution < -0.4 is 10.6 Å². The number of anilines is 1. The number of guanidine groups is 1. The topological polar surface area (TPSA) is 66.4 Å². The summed E-state index contributed by atoms with van der Waals surface area (Å²) in [6, 6.07) is 12.7. The fourth-order valence-electron chi connectivity index (χ4n) is 3.24. The molecule has 1 aliphatic rings. The normalized spacial score (nSPS) is 14.5.